The predicted octanol–water partition coefficient (Wildman–Crippen LogP) is 2.59. The van der Waals surface area contributed by atoms with Gasteiger partial charge in [-0.15, -0.1) is 6.58 Å². The van der Waals surface area contributed by atoms with Crippen LogP contribution in [0, 0.1) is 13.8 Å². The summed E-state index contributed by atoms with van der Waals surface area (Å²) in [5.74, 6) is 0.547. The van der Waals surface area contributed by atoms with Gasteiger partial charge in [0.1, 0.15) is 0 Å². The molecule has 0 saturated heterocycles. The molecule has 0 amide bonds. The van der Waals surface area contributed by atoms with Gasteiger partial charge in [-0.1, -0.05) is 23.7 Å². The third-order valence-electron chi connectivity index (χ3n) is 4.75. The first-order chi connectivity index (χ1) is 12.8. The zero-order valence-corrected chi connectivity index (χ0v) is 16.0. The van der Waals surface area contributed by atoms with Crippen LogP contribution in [0.2, 0.25) is 5.02 Å². The van der Waals surface area contributed by atoms with E-state index in [9.17, 15) is 9.59 Å². The van der Waals surface area contributed by atoms with E-state index in [-0.39, 0.29) is 12.1 Å². The normalized spacial score (nSPS) is 11.6. The molecule has 3 heterocycles. The molecular weight excluding hydrogens is 366 g/mol. The zero-order chi connectivity index (χ0) is 19.5. The van der Waals surface area contributed by atoms with Crippen molar-refractivity contribution in [3.8, 4) is 5.69 Å². The highest BCUT2D eigenvalue weighted by atomic mass is 35.5. The van der Waals surface area contributed by atoms with Crippen molar-refractivity contribution in [2.24, 2.45) is 7.05 Å². The minimum Gasteiger partial charge on any atom is -0.283 e. The molecule has 0 N–H and O–H groups in total. The summed E-state index contributed by atoms with van der Waals surface area (Å²) in [5.41, 5.74) is 2.59. The Labute approximate surface area is 159 Å². The van der Waals surface area contributed by atoms with Crippen LogP contribution < -0.4 is 11.2 Å². The number of hydrogen-bond donors (Lipinski definition) is 0. The molecule has 138 valence electrons. The monoisotopic (exact) mass is 383 g/mol. The van der Waals surface area contributed by atoms with Crippen molar-refractivity contribution >= 4 is 28.5 Å². The van der Waals surface area contributed by atoms with Gasteiger partial charge in [0.25, 0.3) is 5.56 Å². The van der Waals surface area contributed by atoms with Gasteiger partial charge in [0, 0.05) is 30.5 Å². The van der Waals surface area contributed by atoms with Gasteiger partial charge < -0.3 is 0 Å². The quantitative estimate of drug-likeness (QED) is 0.511. The summed E-state index contributed by atoms with van der Waals surface area (Å²) in [4.78, 5) is 30.0. The summed E-state index contributed by atoms with van der Waals surface area (Å²) in [5, 5.41) is 0.649. The van der Waals surface area contributed by atoms with E-state index in [4.69, 9.17) is 11.6 Å². The van der Waals surface area contributed by atoms with Crippen molar-refractivity contribution in [1.29, 1.82) is 0 Å². The van der Waals surface area contributed by atoms with E-state index < -0.39 is 5.69 Å². The van der Waals surface area contributed by atoms with E-state index in [0.29, 0.717) is 22.0 Å². The van der Waals surface area contributed by atoms with Crippen LogP contribution in [-0.2, 0) is 13.6 Å². The molecular formula is C19H18ClN5O2. The van der Waals surface area contributed by atoms with Gasteiger partial charge in [0.15, 0.2) is 11.2 Å². The maximum atomic E-state index is 12.9. The van der Waals surface area contributed by atoms with E-state index in [1.807, 2.05) is 42.8 Å². The van der Waals surface area contributed by atoms with Crippen molar-refractivity contribution in [2.45, 2.75) is 20.4 Å². The van der Waals surface area contributed by atoms with E-state index in [0.717, 1.165) is 21.5 Å². The maximum absolute atomic E-state index is 12.9. The molecule has 0 fully saturated rings. The minimum atomic E-state index is -0.421. The second-order valence-corrected chi connectivity index (χ2v) is 6.95. The SMILES string of the molecule is C=CCn1c(=O)c2c(nc3n(-c4ccc(C)c(Cl)c4)c(C)cn23)n(C)c1=O. The Morgan fingerprint density at radius 1 is 1.26 bits per heavy atom. The second kappa shape index (κ2) is 5.99. The largest absolute Gasteiger partial charge is 0.332 e. The Morgan fingerprint density at radius 3 is 2.67 bits per heavy atom. The number of halogens is 1. The van der Waals surface area contributed by atoms with Gasteiger partial charge in [-0.25, -0.2) is 4.79 Å². The Bertz CT molecular complexity index is 1350. The molecule has 0 spiro atoms. The van der Waals surface area contributed by atoms with Crippen LogP contribution in [0.5, 0.6) is 0 Å². The summed E-state index contributed by atoms with van der Waals surface area (Å²) in [6.07, 6.45) is 3.36. The fraction of sp³-hybridized carbons (Fsp3) is 0.211. The fourth-order valence-electron chi connectivity index (χ4n) is 3.34. The molecule has 7 nitrogen and oxygen atoms in total. The number of nitrogens with zero attached hydrogens (tertiary/aromatic N) is 5. The Kier molecular flexibility index (Phi) is 3.85. The first-order valence-electron chi connectivity index (χ1n) is 8.42. The van der Waals surface area contributed by atoms with Gasteiger partial charge in [-0.3, -0.25) is 22.9 Å². The van der Waals surface area contributed by atoms with Crippen molar-refractivity contribution in [1.82, 2.24) is 23.1 Å². The lowest BCUT2D eigenvalue weighted by molar-refractivity contribution is 0.667. The van der Waals surface area contributed by atoms with Crippen LogP contribution >= 0.6 is 11.6 Å². The highest BCUT2D eigenvalue weighted by Crippen LogP contribution is 2.24. The van der Waals surface area contributed by atoms with Crippen molar-refractivity contribution in [3.63, 3.8) is 0 Å². The average Bonchev–Trinajstić information content (AvgIpc) is 3.14. The number of aryl methyl sites for hydroxylation is 3. The van der Waals surface area contributed by atoms with Crippen LogP contribution in [0.15, 0.2) is 46.6 Å². The summed E-state index contributed by atoms with van der Waals surface area (Å²) in [6, 6.07) is 5.74. The number of imidazole rings is 2. The van der Waals surface area contributed by atoms with Crippen LogP contribution in [0.4, 0.5) is 0 Å². The molecule has 0 aliphatic rings. The number of allylic oxidation sites excluding steroid dienone is 1. The second-order valence-electron chi connectivity index (χ2n) is 6.54. The molecule has 0 aliphatic heterocycles. The van der Waals surface area contributed by atoms with Gasteiger partial charge in [0.2, 0.25) is 5.78 Å². The topological polar surface area (TPSA) is 66.2 Å². The highest BCUT2D eigenvalue weighted by Gasteiger charge is 2.20. The average molecular weight is 384 g/mol. The molecule has 4 rings (SSSR count). The van der Waals surface area contributed by atoms with Gasteiger partial charge in [0.05, 0.1) is 5.69 Å². The molecule has 1 aromatic carbocycles. The standard InChI is InChI=1S/C19H18ClN5O2/c1-5-8-23-17(26)15-16(22(4)19(23)27)21-18-24(15)10-12(3)25(18)13-7-6-11(2)14(20)9-13/h5-7,9-10H,1,8H2,2-4H3. The summed E-state index contributed by atoms with van der Waals surface area (Å²) in [6.45, 7) is 7.63. The van der Waals surface area contributed by atoms with E-state index in [1.54, 1.807) is 11.4 Å². The Balaban J connectivity index is 2.14. The van der Waals surface area contributed by atoms with E-state index in [2.05, 4.69) is 11.6 Å². The molecule has 4 aromatic rings. The van der Waals surface area contributed by atoms with Crippen LogP contribution in [0.3, 0.4) is 0 Å². The number of fused-ring (bicyclic) bond motifs is 3. The molecule has 3 aromatic heterocycles. The minimum absolute atomic E-state index is 0.141. The van der Waals surface area contributed by atoms with E-state index in [1.165, 1.54) is 10.6 Å². The zero-order valence-electron chi connectivity index (χ0n) is 15.2. The molecule has 0 saturated carbocycles. The van der Waals surface area contributed by atoms with Crippen LogP contribution in [0.25, 0.3) is 22.6 Å². The first-order valence-corrected chi connectivity index (χ1v) is 8.80. The number of rotatable bonds is 3. The summed E-state index contributed by atoms with van der Waals surface area (Å²) in [7, 11) is 1.61. The third-order valence-corrected chi connectivity index (χ3v) is 5.16. The van der Waals surface area contributed by atoms with Crippen LogP contribution in [-0.4, -0.2) is 23.1 Å². The lowest BCUT2D eigenvalue weighted by atomic mass is 10.2. The summed E-state index contributed by atoms with van der Waals surface area (Å²) < 4.78 is 6.17. The number of hydrogen-bond acceptors (Lipinski definition) is 3. The van der Waals surface area contributed by atoms with Crippen LogP contribution in [0.1, 0.15) is 11.3 Å². The molecule has 0 unspecified atom stereocenters. The third kappa shape index (κ3) is 2.39. The van der Waals surface area contributed by atoms with Crippen molar-refractivity contribution < 1.29 is 0 Å². The van der Waals surface area contributed by atoms with E-state index >= 15 is 0 Å². The van der Waals surface area contributed by atoms with Crippen molar-refractivity contribution in [2.75, 3.05) is 0 Å². The molecule has 0 aliphatic carbocycles. The number of benzene rings is 1. The molecule has 8 heteroatoms. The first kappa shape index (κ1) is 17.4. The smallest absolute Gasteiger partial charge is 0.283 e. The molecule has 0 radical (unpaired) electrons. The highest BCUT2D eigenvalue weighted by molar-refractivity contribution is 6.31. The molecule has 0 bridgehead atoms. The van der Waals surface area contributed by atoms with Gasteiger partial charge in [-0.2, -0.15) is 4.98 Å². The van der Waals surface area contributed by atoms with Gasteiger partial charge in [-0.05, 0) is 31.5 Å². The number of aromatic nitrogens is 5. The maximum Gasteiger partial charge on any atom is 0.332 e. The predicted molar refractivity (Wildman–Crippen MR) is 106 cm³/mol. The Hall–Kier alpha value is -3.06. The van der Waals surface area contributed by atoms with Gasteiger partial charge >= 0.3 is 5.69 Å². The Morgan fingerprint density at radius 2 is 2.00 bits per heavy atom. The summed E-state index contributed by atoms with van der Waals surface area (Å²) >= 11 is 6.29. The molecule has 27 heavy (non-hydrogen) atoms. The molecule has 0 atom stereocenters. The fourth-order valence-corrected chi connectivity index (χ4v) is 3.52. The lowest BCUT2D eigenvalue weighted by Crippen LogP contribution is -2.39. The van der Waals surface area contributed by atoms with Crippen molar-refractivity contribution in [3.05, 3.63) is 74.2 Å². The lowest BCUT2D eigenvalue weighted by Gasteiger charge is -2.07.